The van der Waals surface area contributed by atoms with E-state index in [9.17, 15) is 18.8 Å². The van der Waals surface area contributed by atoms with Gasteiger partial charge < -0.3 is 9.47 Å². The largest absolute Gasteiger partial charge is 0.347 e. The maximum Gasteiger partial charge on any atom is 0.286 e. The van der Waals surface area contributed by atoms with Crippen LogP contribution in [0.15, 0.2) is 36.5 Å². The molecule has 3 amide bonds. The van der Waals surface area contributed by atoms with E-state index in [-0.39, 0.29) is 24.6 Å². The number of carbonyl (C=O) groups excluding carboxylic acids is 3. The van der Waals surface area contributed by atoms with Gasteiger partial charge in [0, 0.05) is 26.2 Å². The first kappa shape index (κ1) is 17.7. The highest BCUT2D eigenvalue weighted by atomic mass is 19.1. The topological polar surface area (TPSA) is 83.4 Å². The molecule has 2 heterocycles. The summed E-state index contributed by atoms with van der Waals surface area (Å²) < 4.78 is 15.7. The van der Waals surface area contributed by atoms with Crippen LogP contribution in [0, 0.1) is 18.7 Å². The second kappa shape index (κ2) is 6.99. The third kappa shape index (κ3) is 3.44. The Balaban J connectivity index is 1.62. The molecule has 1 saturated heterocycles. The minimum atomic E-state index is -0.670. The predicted molar refractivity (Wildman–Crippen MR) is 92.6 cm³/mol. The van der Waals surface area contributed by atoms with Gasteiger partial charge >= 0.3 is 0 Å². The van der Waals surface area contributed by atoms with Crippen molar-refractivity contribution >= 4 is 23.4 Å². The highest BCUT2D eigenvalue weighted by molar-refractivity contribution is 6.01. The molecular formula is C18H19FN4O3. The maximum atomic E-state index is 14.1. The van der Waals surface area contributed by atoms with Crippen molar-refractivity contribution in [3.05, 3.63) is 53.6 Å². The second-order valence-electron chi connectivity index (χ2n) is 6.31. The third-order valence-electron chi connectivity index (χ3n) is 4.37. The van der Waals surface area contributed by atoms with Crippen LogP contribution in [0.5, 0.6) is 0 Å². The van der Waals surface area contributed by atoms with Crippen LogP contribution in [0.4, 0.5) is 10.1 Å². The molecule has 0 aliphatic carbocycles. The molecule has 1 aromatic heterocycles. The number of nitrogens with zero attached hydrogens (tertiary/aromatic N) is 2. The van der Waals surface area contributed by atoms with Gasteiger partial charge in [-0.25, -0.2) is 4.39 Å². The van der Waals surface area contributed by atoms with E-state index in [4.69, 9.17) is 0 Å². The van der Waals surface area contributed by atoms with Crippen molar-refractivity contribution in [2.24, 2.45) is 13.0 Å². The average molecular weight is 358 g/mol. The number of halogens is 1. The summed E-state index contributed by atoms with van der Waals surface area (Å²) in [6, 6.07) is 7.90. The molecule has 7 nitrogen and oxygen atoms in total. The van der Waals surface area contributed by atoms with Gasteiger partial charge in [-0.3, -0.25) is 25.2 Å². The number of anilines is 1. The molecule has 26 heavy (non-hydrogen) atoms. The van der Waals surface area contributed by atoms with E-state index in [1.807, 2.05) is 0 Å². The number of carbonyl (C=O) groups is 3. The zero-order chi connectivity index (χ0) is 18.8. The molecule has 1 aliphatic rings. The smallest absolute Gasteiger partial charge is 0.286 e. The first-order valence-electron chi connectivity index (χ1n) is 8.15. The van der Waals surface area contributed by atoms with Crippen LogP contribution < -0.4 is 15.8 Å². The number of rotatable bonds is 3. The Bertz CT molecular complexity index is 877. The Morgan fingerprint density at radius 3 is 2.65 bits per heavy atom. The van der Waals surface area contributed by atoms with Gasteiger partial charge in [-0.05, 0) is 36.8 Å². The standard InChI is InChI=1S/C18H19FN4O3/c1-11-5-6-14(13(19)8-11)23-10-12(9-16(23)24)17(25)20-21-18(26)15-4-3-7-22(15)2/h3-8,12H,9-10H2,1-2H3,(H,20,25)(H,21,26). The molecule has 2 N–H and O–H groups in total. The van der Waals surface area contributed by atoms with E-state index in [1.54, 1.807) is 42.9 Å². The second-order valence-corrected chi connectivity index (χ2v) is 6.31. The fourth-order valence-electron chi connectivity index (χ4n) is 2.93. The van der Waals surface area contributed by atoms with Gasteiger partial charge in [0.05, 0.1) is 11.6 Å². The van der Waals surface area contributed by atoms with Gasteiger partial charge in [-0.15, -0.1) is 0 Å². The van der Waals surface area contributed by atoms with Crippen molar-refractivity contribution in [2.75, 3.05) is 11.4 Å². The lowest BCUT2D eigenvalue weighted by Gasteiger charge is -2.18. The van der Waals surface area contributed by atoms with E-state index < -0.39 is 23.5 Å². The van der Waals surface area contributed by atoms with Crippen molar-refractivity contribution in [3.8, 4) is 0 Å². The SMILES string of the molecule is Cc1ccc(N2CC(C(=O)NNC(=O)c3cccn3C)CC2=O)c(F)c1. The van der Waals surface area contributed by atoms with Crippen molar-refractivity contribution in [3.63, 3.8) is 0 Å². The summed E-state index contributed by atoms with van der Waals surface area (Å²) in [5.74, 6) is -2.46. The number of hydrogen-bond donors (Lipinski definition) is 2. The van der Waals surface area contributed by atoms with Crippen LogP contribution in [0.2, 0.25) is 0 Å². The number of benzene rings is 1. The molecule has 1 unspecified atom stereocenters. The fourth-order valence-corrected chi connectivity index (χ4v) is 2.93. The molecule has 0 bridgehead atoms. The van der Waals surface area contributed by atoms with Crippen LogP contribution in [0.25, 0.3) is 0 Å². The summed E-state index contributed by atoms with van der Waals surface area (Å²) >= 11 is 0. The van der Waals surface area contributed by atoms with Crippen molar-refractivity contribution in [2.45, 2.75) is 13.3 Å². The lowest BCUT2D eigenvalue weighted by atomic mass is 10.1. The Morgan fingerprint density at radius 1 is 1.23 bits per heavy atom. The average Bonchev–Trinajstić information content (AvgIpc) is 3.18. The molecule has 3 rings (SSSR count). The first-order chi connectivity index (χ1) is 12.4. The molecule has 136 valence electrons. The predicted octanol–water partition coefficient (Wildman–Crippen LogP) is 1.29. The quantitative estimate of drug-likeness (QED) is 0.811. The summed E-state index contributed by atoms with van der Waals surface area (Å²) in [6.45, 7) is 1.81. The van der Waals surface area contributed by atoms with Crippen LogP contribution in [0.3, 0.4) is 0 Å². The molecule has 8 heteroatoms. The van der Waals surface area contributed by atoms with Crippen LogP contribution in [-0.4, -0.2) is 28.8 Å². The van der Waals surface area contributed by atoms with E-state index in [0.29, 0.717) is 5.69 Å². The zero-order valence-corrected chi connectivity index (χ0v) is 14.5. The number of hydrogen-bond acceptors (Lipinski definition) is 3. The molecular weight excluding hydrogens is 339 g/mol. The van der Waals surface area contributed by atoms with E-state index in [2.05, 4.69) is 10.9 Å². The normalized spacial score (nSPS) is 16.7. The highest BCUT2D eigenvalue weighted by Gasteiger charge is 2.36. The van der Waals surface area contributed by atoms with Crippen LogP contribution >= 0.6 is 0 Å². The minimum Gasteiger partial charge on any atom is -0.347 e. The van der Waals surface area contributed by atoms with Gasteiger partial charge in [0.15, 0.2) is 0 Å². The Labute approximate surface area is 149 Å². The molecule has 2 aromatic rings. The van der Waals surface area contributed by atoms with E-state index in [1.165, 1.54) is 17.0 Å². The summed E-state index contributed by atoms with van der Waals surface area (Å²) in [5, 5.41) is 0. The van der Waals surface area contributed by atoms with Gasteiger partial charge in [0.25, 0.3) is 5.91 Å². The molecule has 1 fully saturated rings. The molecule has 1 atom stereocenters. The van der Waals surface area contributed by atoms with Crippen LogP contribution in [0.1, 0.15) is 22.5 Å². The Hall–Kier alpha value is -3.16. The zero-order valence-electron chi connectivity index (χ0n) is 14.5. The van der Waals surface area contributed by atoms with Crippen LogP contribution in [-0.2, 0) is 16.6 Å². The first-order valence-corrected chi connectivity index (χ1v) is 8.15. The minimum absolute atomic E-state index is 0.0425. The summed E-state index contributed by atoms with van der Waals surface area (Å²) in [7, 11) is 1.71. The number of aromatic nitrogens is 1. The maximum absolute atomic E-state index is 14.1. The summed E-state index contributed by atoms with van der Waals surface area (Å²) in [6.07, 6.45) is 1.67. The number of hydrazine groups is 1. The van der Waals surface area contributed by atoms with Crippen molar-refractivity contribution in [1.29, 1.82) is 0 Å². The summed E-state index contributed by atoms with van der Waals surface area (Å²) in [5.41, 5.74) is 5.95. The summed E-state index contributed by atoms with van der Waals surface area (Å²) in [4.78, 5) is 37.7. The van der Waals surface area contributed by atoms with Gasteiger partial charge in [0.1, 0.15) is 11.5 Å². The van der Waals surface area contributed by atoms with Crippen molar-refractivity contribution < 1.29 is 18.8 Å². The molecule has 1 aliphatic heterocycles. The Kier molecular flexibility index (Phi) is 4.75. The van der Waals surface area contributed by atoms with Gasteiger partial charge in [-0.1, -0.05) is 6.07 Å². The van der Waals surface area contributed by atoms with E-state index >= 15 is 0 Å². The molecule has 1 aromatic carbocycles. The fraction of sp³-hybridized carbons (Fsp3) is 0.278. The number of nitrogens with one attached hydrogen (secondary N) is 2. The van der Waals surface area contributed by atoms with Gasteiger partial charge in [-0.2, -0.15) is 0 Å². The van der Waals surface area contributed by atoms with Gasteiger partial charge in [0.2, 0.25) is 11.8 Å². The lowest BCUT2D eigenvalue weighted by Crippen LogP contribution is -2.45. The third-order valence-corrected chi connectivity index (χ3v) is 4.37. The number of amides is 3. The molecule has 0 saturated carbocycles. The molecule has 0 radical (unpaired) electrons. The lowest BCUT2D eigenvalue weighted by molar-refractivity contribution is -0.126. The Morgan fingerprint density at radius 2 is 2.00 bits per heavy atom. The monoisotopic (exact) mass is 358 g/mol. The van der Waals surface area contributed by atoms with Crippen molar-refractivity contribution in [1.82, 2.24) is 15.4 Å². The highest BCUT2D eigenvalue weighted by Crippen LogP contribution is 2.28. The molecule has 0 spiro atoms. The number of aryl methyl sites for hydroxylation is 2. The van der Waals surface area contributed by atoms with E-state index in [0.717, 1.165) is 5.56 Å².